The fourth-order valence-electron chi connectivity index (χ4n) is 1.82. The molecule has 0 radical (unpaired) electrons. The zero-order valence-corrected chi connectivity index (χ0v) is 12.9. The van der Waals surface area contributed by atoms with Gasteiger partial charge in [0.2, 0.25) is 5.91 Å². The van der Waals surface area contributed by atoms with Gasteiger partial charge in [-0.3, -0.25) is 9.59 Å². The maximum absolute atomic E-state index is 11.7. The van der Waals surface area contributed by atoms with Crippen molar-refractivity contribution in [1.29, 1.82) is 0 Å². The Balaban J connectivity index is 2.40. The van der Waals surface area contributed by atoms with Crippen molar-refractivity contribution in [2.45, 2.75) is 38.7 Å². The Morgan fingerprint density at radius 1 is 1.38 bits per heavy atom. The monoisotopic (exact) mass is 313 g/mol. The topological polar surface area (TPSA) is 86.6 Å². The third-order valence-corrected chi connectivity index (χ3v) is 3.48. The van der Waals surface area contributed by atoms with Crippen LogP contribution >= 0.6 is 11.6 Å². The Hall–Kier alpha value is -1.59. The van der Waals surface area contributed by atoms with Gasteiger partial charge in [0, 0.05) is 18.0 Å². The third kappa shape index (κ3) is 6.60. The summed E-state index contributed by atoms with van der Waals surface area (Å²) in [4.78, 5) is 22.2. The van der Waals surface area contributed by atoms with Crippen LogP contribution in [0.2, 0.25) is 5.02 Å². The van der Waals surface area contributed by atoms with Crippen molar-refractivity contribution in [2.75, 3.05) is 6.54 Å². The van der Waals surface area contributed by atoms with Crippen LogP contribution in [0.1, 0.15) is 30.9 Å². The summed E-state index contributed by atoms with van der Waals surface area (Å²) in [7, 11) is 0. The number of hydrogen-bond donors (Lipinski definition) is 3. The summed E-state index contributed by atoms with van der Waals surface area (Å²) in [6.45, 7) is 3.19. The Morgan fingerprint density at radius 3 is 2.62 bits per heavy atom. The van der Waals surface area contributed by atoms with Crippen LogP contribution < -0.4 is 5.32 Å². The van der Waals surface area contributed by atoms with Crippen molar-refractivity contribution in [3.05, 3.63) is 34.3 Å². The Labute approximate surface area is 128 Å². The van der Waals surface area contributed by atoms with E-state index in [1.807, 2.05) is 25.1 Å². The first-order chi connectivity index (χ1) is 9.69. The molecule has 3 N–H and O–H groups in total. The highest BCUT2D eigenvalue weighted by atomic mass is 35.5. The third-order valence-electron chi connectivity index (χ3n) is 3.08. The van der Waals surface area contributed by atoms with E-state index >= 15 is 0 Å². The summed E-state index contributed by atoms with van der Waals surface area (Å²) < 4.78 is 0. The van der Waals surface area contributed by atoms with Gasteiger partial charge in [-0.25, -0.2) is 0 Å². The quantitative estimate of drug-likeness (QED) is 0.718. The van der Waals surface area contributed by atoms with Crippen LogP contribution in [-0.2, 0) is 16.0 Å². The smallest absolute Gasteiger partial charge is 0.306 e. The van der Waals surface area contributed by atoms with E-state index in [0.717, 1.165) is 11.1 Å². The fourth-order valence-corrected chi connectivity index (χ4v) is 2.02. The lowest BCUT2D eigenvalue weighted by Crippen LogP contribution is -2.42. The predicted octanol–water partition coefficient (Wildman–Crippen LogP) is 1.92. The van der Waals surface area contributed by atoms with E-state index in [4.69, 9.17) is 16.7 Å². The molecule has 0 saturated carbocycles. The van der Waals surface area contributed by atoms with Gasteiger partial charge in [0.05, 0.1) is 12.0 Å². The van der Waals surface area contributed by atoms with Crippen LogP contribution in [0.4, 0.5) is 0 Å². The number of carboxylic acids is 1. The molecule has 0 heterocycles. The highest BCUT2D eigenvalue weighted by Gasteiger charge is 2.24. The second kappa shape index (κ2) is 7.43. The van der Waals surface area contributed by atoms with Gasteiger partial charge in [0.1, 0.15) is 0 Å². The van der Waals surface area contributed by atoms with Crippen LogP contribution in [0.5, 0.6) is 0 Å². The molecular weight excluding hydrogens is 294 g/mol. The maximum Gasteiger partial charge on any atom is 0.306 e. The summed E-state index contributed by atoms with van der Waals surface area (Å²) in [5.74, 6) is -1.35. The van der Waals surface area contributed by atoms with Gasteiger partial charge in [-0.2, -0.15) is 0 Å². The first-order valence-electron chi connectivity index (χ1n) is 6.65. The molecule has 1 aromatic rings. The number of hydrogen-bond acceptors (Lipinski definition) is 3. The number of aliphatic hydroxyl groups is 1. The summed E-state index contributed by atoms with van der Waals surface area (Å²) in [6.07, 6.45) is 0.371. The molecule has 1 atom stereocenters. The molecule has 0 saturated heterocycles. The minimum Gasteiger partial charge on any atom is -0.481 e. The van der Waals surface area contributed by atoms with E-state index in [-0.39, 0.29) is 18.9 Å². The van der Waals surface area contributed by atoms with E-state index in [1.54, 1.807) is 0 Å². The van der Waals surface area contributed by atoms with Crippen molar-refractivity contribution in [2.24, 2.45) is 0 Å². The number of amides is 1. The molecule has 0 aliphatic rings. The SMILES string of the molecule is Cc1ccc(CCC(=O)NCC(C)(O)CC(=O)O)cc1Cl. The molecule has 0 aliphatic carbocycles. The Bertz CT molecular complexity index is 528. The van der Waals surface area contributed by atoms with Gasteiger partial charge in [-0.1, -0.05) is 23.7 Å². The molecule has 1 amide bonds. The van der Waals surface area contributed by atoms with Crippen molar-refractivity contribution in [3.63, 3.8) is 0 Å². The molecule has 6 heteroatoms. The van der Waals surface area contributed by atoms with Gasteiger partial charge in [0.15, 0.2) is 0 Å². The number of carboxylic acid groups (broad SMARTS) is 1. The largest absolute Gasteiger partial charge is 0.481 e. The Morgan fingerprint density at radius 2 is 2.05 bits per heavy atom. The van der Waals surface area contributed by atoms with Gasteiger partial charge < -0.3 is 15.5 Å². The highest BCUT2D eigenvalue weighted by Crippen LogP contribution is 2.17. The maximum atomic E-state index is 11.7. The summed E-state index contributed by atoms with van der Waals surface area (Å²) in [5, 5.41) is 21.6. The number of aryl methyl sites for hydroxylation is 2. The average molecular weight is 314 g/mol. The van der Waals surface area contributed by atoms with Crippen LogP contribution in [0.25, 0.3) is 0 Å². The molecule has 0 spiro atoms. The highest BCUT2D eigenvalue weighted by molar-refractivity contribution is 6.31. The van der Waals surface area contributed by atoms with Crippen LogP contribution in [0.15, 0.2) is 18.2 Å². The molecule has 0 aliphatic heterocycles. The average Bonchev–Trinajstić information content (AvgIpc) is 2.36. The standard InChI is InChI=1S/C15H20ClNO4/c1-10-3-4-11(7-12(10)16)5-6-13(18)17-9-15(2,21)8-14(19)20/h3-4,7,21H,5-6,8-9H2,1-2H3,(H,17,18)(H,19,20). The predicted molar refractivity (Wildman–Crippen MR) is 80.4 cm³/mol. The minimum absolute atomic E-state index is 0.0905. The normalized spacial score (nSPS) is 13.5. The number of aliphatic carboxylic acids is 1. The van der Waals surface area contributed by atoms with Gasteiger partial charge in [-0.15, -0.1) is 0 Å². The van der Waals surface area contributed by atoms with E-state index in [0.29, 0.717) is 11.4 Å². The van der Waals surface area contributed by atoms with E-state index in [9.17, 15) is 14.7 Å². The number of rotatable bonds is 7. The molecule has 1 unspecified atom stereocenters. The van der Waals surface area contributed by atoms with Crippen molar-refractivity contribution in [3.8, 4) is 0 Å². The molecule has 21 heavy (non-hydrogen) atoms. The second-order valence-corrected chi connectivity index (χ2v) is 5.83. The molecule has 1 aromatic carbocycles. The Kier molecular flexibility index (Phi) is 6.18. The van der Waals surface area contributed by atoms with Crippen molar-refractivity contribution in [1.82, 2.24) is 5.32 Å². The number of nitrogens with one attached hydrogen (secondary N) is 1. The van der Waals surface area contributed by atoms with Crippen LogP contribution in [0, 0.1) is 6.92 Å². The first kappa shape index (κ1) is 17.5. The molecule has 1 rings (SSSR count). The molecule has 0 fully saturated rings. The van der Waals surface area contributed by atoms with Gasteiger partial charge in [-0.05, 0) is 37.5 Å². The second-order valence-electron chi connectivity index (χ2n) is 5.43. The summed E-state index contributed by atoms with van der Waals surface area (Å²) >= 11 is 6.01. The minimum atomic E-state index is -1.45. The number of carbonyl (C=O) groups excluding carboxylic acids is 1. The summed E-state index contributed by atoms with van der Waals surface area (Å²) in [6, 6.07) is 5.63. The molecular formula is C15H20ClNO4. The van der Waals surface area contributed by atoms with E-state index in [1.165, 1.54) is 6.92 Å². The lowest BCUT2D eigenvalue weighted by Gasteiger charge is -2.21. The van der Waals surface area contributed by atoms with Crippen molar-refractivity contribution >= 4 is 23.5 Å². The lowest BCUT2D eigenvalue weighted by molar-refractivity contribution is -0.142. The number of benzene rings is 1. The van der Waals surface area contributed by atoms with Crippen molar-refractivity contribution < 1.29 is 19.8 Å². The number of carbonyl (C=O) groups is 2. The summed E-state index contributed by atoms with van der Waals surface area (Å²) in [5.41, 5.74) is 0.488. The van der Waals surface area contributed by atoms with Crippen LogP contribution in [-0.4, -0.2) is 34.2 Å². The van der Waals surface area contributed by atoms with E-state index < -0.39 is 18.0 Å². The van der Waals surface area contributed by atoms with Gasteiger partial charge >= 0.3 is 5.97 Å². The fraction of sp³-hybridized carbons (Fsp3) is 0.467. The molecule has 5 nitrogen and oxygen atoms in total. The van der Waals surface area contributed by atoms with Crippen LogP contribution in [0.3, 0.4) is 0 Å². The zero-order chi connectivity index (χ0) is 16.0. The molecule has 0 aromatic heterocycles. The first-order valence-corrected chi connectivity index (χ1v) is 7.03. The van der Waals surface area contributed by atoms with Gasteiger partial charge in [0.25, 0.3) is 0 Å². The van der Waals surface area contributed by atoms with E-state index in [2.05, 4.69) is 5.32 Å². The number of halogens is 1. The molecule has 0 bridgehead atoms. The zero-order valence-electron chi connectivity index (χ0n) is 12.1. The lowest BCUT2D eigenvalue weighted by atomic mass is 10.0. The molecule has 116 valence electrons.